The van der Waals surface area contributed by atoms with E-state index in [1.165, 1.54) is 0 Å². The maximum absolute atomic E-state index is 10.2. The molecule has 0 unspecified atom stereocenters. The van der Waals surface area contributed by atoms with Crippen molar-refractivity contribution in [3.63, 3.8) is 0 Å². The Labute approximate surface area is 74.7 Å². The monoisotopic (exact) mass is 266 g/mol. The largest absolute Gasteiger partial charge is 0.483 e. The van der Waals surface area contributed by atoms with Crippen molar-refractivity contribution in [1.82, 2.24) is 0 Å². The molecule has 1 aromatic rings. The second-order valence-corrected chi connectivity index (χ2v) is 3.16. The fourth-order valence-corrected chi connectivity index (χ4v) is 1.17. The molecular weight excluding hydrogens is 259 g/mol. The molecule has 0 fully saturated rings. The zero-order valence-electron chi connectivity index (χ0n) is 5.61. The van der Waals surface area contributed by atoms with Gasteiger partial charge in [-0.1, -0.05) is 18.2 Å². The molecule has 0 aliphatic carbocycles. The lowest BCUT2D eigenvalue weighted by atomic mass is 10.4. The molecule has 0 aromatic heterocycles. The van der Waals surface area contributed by atoms with Crippen LogP contribution in [0.1, 0.15) is 0 Å². The molecule has 0 aliphatic heterocycles. The number of carbonyl (C=O) groups is 1. The fourth-order valence-electron chi connectivity index (χ4n) is 0.466. The van der Waals surface area contributed by atoms with Crippen LogP contribution in [0.3, 0.4) is 0 Å². The van der Waals surface area contributed by atoms with Gasteiger partial charge in [0.25, 0.3) is 6.47 Å². The summed E-state index contributed by atoms with van der Waals surface area (Å²) in [6.07, 6.45) is 0. The van der Waals surface area contributed by atoms with E-state index < -0.39 is 21.2 Å². The van der Waals surface area contributed by atoms with Crippen molar-refractivity contribution in [1.29, 1.82) is 0 Å². The minimum absolute atomic E-state index is 0.250. The molecule has 1 aromatic carbocycles. The van der Waals surface area contributed by atoms with Crippen LogP contribution in [-0.2, 0) is 7.86 Å². The lowest BCUT2D eigenvalue weighted by molar-refractivity contribution is -0.122. The number of benzene rings is 1. The van der Waals surface area contributed by atoms with E-state index in [1.54, 1.807) is 0 Å². The summed E-state index contributed by atoms with van der Waals surface area (Å²) in [7, 11) is 0. The standard InChI is InChI=1S/C6H5IO.CH2O2/c8-7-6-4-2-1-3-5-6;2-1-3/h1-5H;1H,(H,2,3). The van der Waals surface area contributed by atoms with Crippen molar-refractivity contribution in [2.75, 3.05) is 0 Å². The van der Waals surface area contributed by atoms with Gasteiger partial charge in [0.15, 0.2) is 21.2 Å². The van der Waals surface area contributed by atoms with Crippen molar-refractivity contribution in [3.05, 3.63) is 33.9 Å². The summed E-state index contributed by atoms with van der Waals surface area (Å²) >= 11 is -0.941. The van der Waals surface area contributed by atoms with Crippen LogP contribution in [0.4, 0.5) is 0 Å². The lowest BCUT2D eigenvalue weighted by Gasteiger charge is -1.80. The van der Waals surface area contributed by atoms with Crippen LogP contribution >= 0.6 is 21.2 Å². The third-order valence-corrected chi connectivity index (χ3v) is 2.05. The van der Waals surface area contributed by atoms with E-state index in [-0.39, 0.29) is 6.47 Å². The topological polar surface area (TPSA) is 54.4 Å². The molecule has 0 spiro atoms. The van der Waals surface area contributed by atoms with Gasteiger partial charge < -0.3 is 5.11 Å². The van der Waals surface area contributed by atoms with Crippen LogP contribution in [0.5, 0.6) is 0 Å². The number of rotatable bonds is 1. The van der Waals surface area contributed by atoms with Crippen LogP contribution in [-0.4, -0.2) is 11.6 Å². The van der Waals surface area contributed by atoms with Crippen LogP contribution in [0, 0.1) is 3.57 Å². The van der Waals surface area contributed by atoms with Gasteiger partial charge >= 0.3 is 0 Å². The Morgan fingerprint density at radius 1 is 1.27 bits per heavy atom. The molecule has 0 radical (unpaired) electrons. The fraction of sp³-hybridized carbons (Fsp3) is 0. The van der Waals surface area contributed by atoms with E-state index in [4.69, 9.17) is 9.90 Å². The molecule has 0 saturated heterocycles. The first-order valence-electron chi connectivity index (χ1n) is 2.75. The minimum Gasteiger partial charge on any atom is -0.483 e. The maximum atomic E-state index is 10.2. The highest BCUT2D eigenvalue weighted by molar-refractivity contribution is 14.1. The predicted molar refractivity (Wildman–Crippen MR) is 48.5 cm³/mol. The Kier molecular flexibility index (Phi) is 6.81. The van der Waals surface area contributed by atoms with E-state index in [2.05, 4.69) is 0 Å². The van der Waals surface area contributed by atoms with E-state index in [0.29, 0.717) is 0 Å². The molecule has 1 N–H and O–H groups in total. The van der Waals surface area contributed by atoms with Gasteiger partial charge in [0.2, 0.25) is 0 Å². The summed E-state index contributed by atoms with van der Waals surface area (Å²) < 4.78 is 11.2. The summed E-state index contributed by atoms with van der Waals surface area (Å²) in [5.74, 6) is 0. The number of halogens is 1. The van der Waals surface area contributed by atoms with Gasteiger partial charge in [-0.25, -0.2) is 0 Å². The molecule has 3 nitrogen and oxygen atoms in total. The Hall–Kier alpha value is -0.780. The van der Waals surface area contributed by atoms with Gasteiger partial charge in [-0.05, 0) is 12.1 Å². The van der Waals surface area contributed by atoms with Crippen LogP contribution in [0.25, 0.3) is 0 Å². The van der Waals surface area contributed by atoms with E-state index >= 15 is 0 Å². The maximum Gasteiger partial charge on any atom is 0.290 e. The van der Waals surface area contributed by atoms with Crippen molar-refractivity contribution in [3.8, 4) is 0 Å². The smallest absolute Gasteiger partial charge is 0.290 e. The Morgan fingerprint density at radius 2 is 1.73 bits per heavy atom. The van der Waals surface area contributed by atoms with Crippen molar-refractivity contribution < 1.29 is 13.0 Å². The number of carboxylic acid groups (broad SMARTS) is 1. The lowest BCUT2D eigenvalue weighted by Crippen LogP contribution is -1.63. The highest BCUT2D eigenvalue weighted by atomic mass is 127. The second kappa shape index (κ2) is 7.33. The van der Waals surface area contributed by atoms with Crippen LogP contribution in [0.15, 0.2) is 30.3 Å². The molecule has 4 heteroatoms. The van der Waals surface area contributed by atoms with Crippen LogP contribution in [0.2, 0.25) is 0 Å². The average Bonchev–Trinajstić information content (AvgIpc) is 2.08. The highest BCUT2D eigenvalue weighted by Crippen LogP contribution is 2.06. The molecule has 1 rings (SSSR count). The summed E-state index contributed by atoms with van der Waals surface area (Å²) in [5.41, 5.74) is 0. The van der Waals surface area contributed by atoms with E-state index in [0.717, 1.165) is 3.57 Å². The summed E-state index contributed by atoms with van der Waals surface area (Å²) in [4.78, 5) is 8.36. The molecule has 0 amide bonds. The van der Waals surface area contributed by atoms with Gasteiger partial charge in [0, 0.05) is 3.57 Å². The first-order valence-corrected chi connectivity index (χ1v) is 4.71. The first kappa shape index (κ1) is 10.2. The van der Waals surface area contributed by atoms with Crippen LogP contribution < -0.4 is 0 Å². The summed E-state index contributed by atoms with van der Waals surface area (Å²) in [5, 5.41) is 6.89. The van der Waals surface area contributed by atoms with Crippen molar-refractivity contribution >= 4 is 27.7 Å². The molecular formula is C7H7IO3. The summed E-state index contributed by atoms with van der Waals surface area (Å²) in [6, 6.07) is 9.46. The Balaban J connectivity index is 0.000000292. The molecule has 0 atom stereocenters. The van der Waals surface area contributed by atoms with E-state index in [1.807, 2.05) is 30.3 Å². The Morgan fingerprint density at radius 3 is 2.00 bits per heavy atom. The first-order chi connectivity index (χ1) is 5.35. The molecule has 0 saturated carbocycles. The third kappa shape index (κ3) is 5.65. The molecule has 0 bridgehead atoms. The normalized spacial score (nSPS) is 7.64. The minimum atomic E-state index is -0.941. The van der Waals surface area contributed by atoms with Gasteiger partial charge in [-0.15, -0.1) is 0 Å². The SMILES string of the molecule is O=CO.O=Ic1ccccc1. The molecule has 0 aliphatic rings. The second-order valence-electron chi connectivity index (χ2n) is 1.48. The van der Waals surface area contributed by atoms with Crippen molar-refractivity contribution in [2.45, 2.75) is 0 Å². The number of hydrogen-bond acceptors (Lipinski definition) is 2. The molecule has 11 heavy (non-hydrogen) atoms. The quantitative estimate of drug-likeness (QED) is 0.623. The zero-order valence-corrected chi connectivity index (χ0v) is 7.76. The molecule has 60 valence electrons. The molecule has 0 heterocycles. The van der Waals surface area contributed by atoms with Crippen molar-refractivity contribution in [2.24, 2.45) is 0 Å². The number of hydrogen-bond donors (Lipinski definition) is 1. The van der Waals surface area contributed by atoms with Gasteiger partial charge in [0.1, 0.15) is 0 Å². The highest BCUT2D eigenvalue weighted by Gasteiger charge is 1.81. The summed E-state index contributed by atoms with van der Waals surface area (Å²) in [6.45, 7) is -0.250. The predicted octanol–water partition coefficient (Wildman–Crippen LogP) is 1.87. The van der Waals surface area contributed by atoms with E-state index in [9.17, 15) is 3.07 Å². The average molecular weight is 266 g/mol. The Bertz CT molecular complexity index is 210. The zero-order chi connectivity index (χ0) is 8.53. The third-order valence-electron chi connectivity index (χ3n) is 0.822. The van der Waals surface area contributed by atoms with Gasteiger partial charge in [0.05, 0.1) is 0 Å². The van der Waals surface area contributed by atoms with Gasteiger partial charge in [-0.3, -0.25) is 7.86 Å². The van der Waals surface area contributed by atoms with Gasteiger partial charge in [-0.2, -0.15) is 0 Å².